The van der Waals surface area contributed by atoms with Gasteiger partial charge in [0, 0.05) is 34.8 Å². The number of anilines is 1. The summed E-state index contributed by atoms with van der Waals surface area (Å²) in [6.07, 6.45) is 8.15. The standard InChI is InChI=1S/C32H21I2N5/c33-20-5-1-18(2-6-20)30-24-11-9-22(36-24)17-23-10-12-25(37-23)31(19-3-7-21(34)8-4-19)27-14-16-29(39-27)32(35)28-15-13-26(30)38-28/h1-17,36,39H,35H2. The predicted molar refractivity (Wildman–Crippen MR) is 180 cm³/mol. The van der Waals surface area contributed by atoms with Crippen LogP contribution in [0.15, 0.2) is 78.9 Å². The van der Waals surface area contributed by atoms with Crippen LogP contribution in [0.4, 0.5) is 5.69 Å². The molecule has 0 unspecified atom stereocenters. The summed E-state index contributed by atoms with van der Waals surface area (Å²) in [7, 11) is 0. The fourth-order valence-electron chi connectivity index (χ4n) is 5.00. The lowest BCUT2D eigenvalue weighted by atomic mass is 10.0. The summed E-state index contributed by atoms with van der Waals surface area (Å²) in [6, 6.07) is 27.3. The highest BCUT2D eigenvalue weighted by atomic mass is 127. The highest BCUT2D eigenvalue weighted by Crippen LogP contribution is 2.34. The van der Waals surface area contributed by atoms with E-state index in [0.29, 0.717) is 5.69 Å². The molecule has 2 aliphatic rings. The van der Waals surface area contributed by atoms with Gasteiger partial charge in [0.1, 0.15) is 0 Å². The molecule has 2 aromatic carbocycles. The number of rotatable bonds is 2. The smallest absolute Gasteiger partial charge is 0.0888 e. The van der Waals surface area contributed by atoms with Gasteiger partial charge in [-0.05, 0) is 135 Å². The van der Waals surface area contributed by atoms with Gasteiger partial charge in [0.25, 0.3) is 0 Å². The van der Waals surface area contributed by atoms with Crippen LogP contribution in [0, 0.1) is 7.14 Å². The number of nitrogens with zero attached hydrogens (tertiary/aromatic N) is 2. The predicted octanol–water partition coefficient (Wildman–Crippen LogP) is 8.78. The first-order chi connectivity index (χ1) is 19.0. The molecule has 0 amide bonds. The van der Waals surface area contributed by atoms with Crippen LogP contribution in [0.5, 0.6) is 0 Å². The van der Waals surface area contributed by atoms with E-state index in [9.17, 15) is 0 Å². The van der Waals surface area contributed by atoms with Crippen molar-refractivity contribution in [3.63, 3.8) is 0 Å². The molecule has 188 valence electrons. The molecule has 0 fully saturated rings. The Morgan fingerprint density at radius 2 is 1.08 bits per heavy atom. The van der Waals surface area contributed by atoms with Crippen LogP contribution in [0.25, 0.3) is 68.6 Å². The molecule has 0 saturated carbocycles. The largest absolute Gasteiger partial charge is 0.395 e. The Kier molecular flexibility index (Phi) is 6.12. The van der Waals surface area contributed by atoms with E-state index in [-0.39, 0.29) is 0 Å². The van der Waals surface area contributed by atoms with E-state index in [1.54, 1.807) is 0 Å². The summed E-state index contributed by atoms with van der Waals surface area (Å²) in [4.78, 5) is 17.1. The van der Waals surface area contributed by atoms with Crippen molar-refractivity contribution in [3.05, 3.63) is 109 Å². The fraction of sp³-hybridized carbons (Fsp3) is 0. The maximum atomic E-state index is 6.70. The summed E-state index contributed by atoms with van der Waals surface area (Å²) in [5, 5.41) is 0. The van der Waals surface area contributed by atoms with Gasteiger partial charge in [0.15, 0.2) is 0 Å². The van der Waals surface area contributed by atoms with Gasteiger partial charge in [-0.15, -0.1) is 0 Å². The first-order valence-electron chi connectivity index (χ1n) is 12.4. The highest BCUT2D eigenvalue weighted by molar-refractivity contribution is 14.1. The molecular weight excluding hydrogens is 708 g/mol. The summed E-state index contributed by atoms with van der Waals surface area (Å²) in [5.74, 6) is 0. The van der Waals surface area contributed by atoms with Gasteiger partial charge in [-0.2, -0.15) is 0 Å². The third kappa shape index (κ3) is 4.59. The Bertz CT molecular complexity index is 1940. The monoisotopic (exact) mass is 729 g/mol. The summed E-state index contributed by atoms with van der Waals surface area (Å²) >= 11 is 4.65. The molecule has 5 heterocycles. The van der Waals surface area contributed by atoms with Crippen molar-refractivity contribution in [2.45, 2.75) is 0 Å². The Morgan fingerprint density at radius 3 is 1.77 bits per heavy atom. The number of nitrogens with one attached hydrogen (secondary N) is 2. The second-order valence-electron chi connectivity index (χ2n) is 9.41. The van der Waals surface area contributed by atoms with Gasteiger partial charge < -0.3 is 15.7 Å². The van der Waals surface area contributed by atoms with Crippen LogP contribution in [0.1, 0.15) is 22.8 Å². The first kappa shape index (κ1) is 24.3. The maximum absolute atomic E-state index is 6.70. The Balaban J connectivity index is 1.59. The van der Waals surface area contributed by atoms with Crippen LogP contribution >= 0.6 is 45.2 Å². The first-order valence-corrected chi connectivity index (χ1v) is 14.6. The average Bonchev–Trinajstić information content (AvgIpc) is 3.75. The van der Waals surface area contributed by atoms with Gasteiger partial charge in [0.05, 0.1) is 34.0 Å². The number of halogens is 2. The van der Waals surface area contributed by atoms with Gasteiger partial charge >= 0.3 is 0 Å². The van der Waals surface area contributed by atoms with E-state index < -0.39 is 0 Å². The van der Waals surface area contributed by atoms with Crippen molar-refractivity contribution >= 4 is 97.2 Å². The summed E-state index contributed by atoms with van der Waals surface area (Å²) in [5.41, 5.74) is 18.6. The van der Waals surface area contributed by atoms with E-state index >= 15 is 0 Å². The Hall–Kier alpha value is -3.70. The molecular formula is C32H21I2N5. The molecule has 3 aromatic heterocycles. The molecule has 0 atom stereocenters. The number of nitrogens with two attached hydrogens (primary N) is 1. The average molecular weight is 729 g/mol. The Labute approximate surface area is 252 Å². The number of fused-ring (bicyclic) bond motifs is 8. The van der Waals surface area contributed by atoms with Crippen LogP contribution in [-0.2, 0) is 0 Å². The Morgan fingerprint density at radius 1 is 0.538 bits per heavy atom. The fourth-order valence-corrected chi connectivity index (χ4v) is 5.72. The number of aromatic amines is 2. The van der Waals surface area contributed by atoms with Crippen LogP contribution in [0.3, 0.4) is 0 Å². The third-order valence-corrected chi connectivity index (χ3v) is 8.32. The van der Waals surface area contributed by atoms with Crippen LogP contribution in [-0.4, -0.2) is 19.9 Å². The third-order valence-electron chi connectivity index (χ3n) is 6.88. The molecule has 2 aliphatic heterocycles. The quantitative estimate of drug-likeness (QED) is 0.156. The normalized spacial score (nSPS) is 12.3. The van der Waals surface area contributed by atoms with Gasteiger partial charge in [0.2, 0.25) is 0 Å². The number of nitrogen functional groups attached to an aromatic ring is 1. The van der Waals surface area contributed by atoms with Crippen molar-refractivity contribution in [2.24, 2.45) is 0 Å². The zero-order chi connectivity index (χ0) is 26.5. The molecule has 0 saturated heterocycles. The van der Waals surface area contributed by atoms with E-state index in [1.807, 2.05) is 18.2 Å². The molecule has 39 heavy (non-hydrogen) atoms. The number of benzene rings is 2. The van der Waals surface area contributed by atoms with Crippen molar-refractivity contribution in [1.82, 2.24) is 19.9 Å². The second-order valence-corrected chi connectivity index (χ2v) is 11.9. The molecule has 0 radical (unpaired) electrons. The minimum atomic E-state index is 0.597. The van der Waals surface area contributed by atoms with Crippen molar-refractivity contribution < 1.29 is 0 Å². The highest BCUT2D eigenvalue weighted by Gasteiger charge is 2.14. The van der Waals surface area contributed by atoms with E-state index in [4.69, 9.17) is 15.7 Å². The zero-order valence-corrected chi connectivity index (χ0v) is 24.9. The lowest BCUT2D eigenvalue weighted by molar-refractivity contribution is 1.31. The minimum absolute atomic E-state index is 0.597. The minimum Gasteiger partial charge on any atom is -0.395 e. The van der Waals surface area contributed by atoms with Gasteiger partial charge in [-0.1, -0.05) is 24.3 Å². The topological polar surface area (TPSA) is 83.4 Å². The summed E-state index contributed by atoms with van der Waals surface area (Å²) in [6.45, 7) is 0. The van der Waals surface area contributed by atoms with E-state index in [1.165, 1.54) is 7.14 Å². The number of H-pyrrole nitrogens is 2. The van der Waals surface area contributed by atoms with E-state index in [2.05, 4.69) is 140 Å². The lowest BCUT2D eigenvalue weighted by Gasteiger charge is -2.04. The molecule has 5 aromatic rings. The van der Waals surface area contributed by atoms with Crippen LogP contribution < -0.4 is 5.73 Å². The molecule has 0 aliphatic carbocycles. The van der Waals surface area contributed by atoms with Crippen LogP contribution in [0.2, 0.25) is 0 Å². The molecule has 5 nitrogen and oxygen atoms in total. The maximum Gasteiger partial charge on any atom is 0.0888 e. The molecule has 8 bridgehead atoms. The van der Waals surface area contributed by atoms with Crippen molar-refractivity contribution in [1.29, 1.82) is 0 Å². The molecule has 7 rings (SSSR count). The number of hydrogen-bond acceptors (Lipinski definition) is 3. The van der Waals surface area contributed by atoms with Crippen molar-refractivity contribution in [3.8, 4) is 22.3 Å². The molecule has 7 heteroatoms. The van der Waals surface area contributed by atoms with Gasteiger partial charge in [-0.25, -0.2) is 9.97 Å². The SMILES string of the molecule is Nc1c2nc(c(-c3ccc(I)cc3)c3ccc(cc4nc(c(-c5ccc(I)cc5)c5ccc1[nH]5)C=C4)[nH]3)C=C2. The van der Waals surface area contributed by atoms with Gasteiger partial charge in [-0.3, -0.25) is 0 Å². The summed E-state index contributed by atoms with van der Waals surface area (Å²) < 4.78 is 2.36. The number of hydrogen-bond donors (Lipinski definition) is 3. The van der Waals surface area contributed by atoms with Crippen molar-refractivity contribution in [2.75, 3.05) is 5.73 Å². The lowest BCUT2D eigenvalue weighted by Crippen LogP contribution is -1.91. The number of aromatic nitrogens is 4. The zero-order valence-electron chi connectivity index (χ0n) is 20.5. The molecule has 4 N–H and O–H groups in total. The second kappa shape index (κ2) is 9.80. The van der Waals surface area contributed by atoms with E-state index in [0.717, 1.165) is 67.1 Å². The molecule has 0 spiro atoms.